The number of alkyl halides is 1. The van der Waals surface area contributed by atoms with Gasteiger partial charge in [-0.25, -0.2) is 9.37 Å². The monoisotopic (exact) mass is 549 g/mol. The van der Waals surface area contributed by atoms with Gasteiger partial charge in [0.1, 0.15) is 18.0 Å². The largest absolute Gasteiger partial charge is 0.480 e. The number of fused-ring (bicyclic) bond motifs is 2. The number of carboxylic acid groups (broad SMARTS) is 1. The molecule has 2 aliphatic heterocycles. The number of nitrogens with one attached hydrogen (secondary N) is 1. The molecule has 4 heterocycles. The molecule has 3 atom stereocenters. The average Bonchev–Trinajstić information content (AvgIpc) is 3.59. The van der Waals surface area contributed by atoms with E-state index >= 15 is 4.39 Å². The lowest BCUT2D eigenvalue weighted by Gasteiger charge is -2.35. The van der Waals surface area contributed by atoms with Crippen LogP contribution in [0.15, 0.2) is 36.5 Å². The Labute approximate surface area is 234 Å². The molecule has 0 radical (unpaired) electrons. The molecule has 8 nitrogen and oxygen atoms in total. The molecule has 1 aromatic carbocycles. The number of likely N-dealkylation sites (tertiary alicyclic amines) is 1. The van der Waals surface area contributed by atoms with Crippen LogP contribution in [0.5, 0.6) is 0 Å². The molecule has 1 saturated heterocycles. The second-order valence-electron chi connectivity index (χ2n) is 11.7. The lowest BCUT2D eigenvalue weighted by molar-refractivity contribution is -0.143. The highest BCUT2D eigenvalue weighted by molar-refractivity contribution is 5.88. The van der Waals surface area contributed by atoms with E-state index in [1.165, 1.54) is 5.56 Å². The first-order valence-corrected chi connectivity index (χ1v) is 14.8. The molecule has 1 saturated carbocycles. The van der Waals surface area contributed by atoms with Crippen LogP contribution in [-0.4, -0.2) is 69.8 Å². The molecule has 2 aromatic heterocycles. The van der Waals surface area contributed by atoms with Crippen molar-refractivity contribution in [2.75, 3.05) is 32.1 Å². The maximum absolute atomic E-state index is 15.4. The number of halogens is 1. The van der Waals surface area contributed by atoms with Gasteiger partial charge in [-0.2, -0.15) is 5.10 Å². The summed E-state index contributed by atoms with van der Waals surface area (Å²) in [5, 5.41) is 19.3. The number of pyridine rings is 1. The highest BCUT2D eigenvalue weighted by Gasteiger charge is 2.39. The molecule has 2 fully saturated rings. The van der Waals surface area contributed by atoms with Gasteiger partial charge in [-0.15, -0.1) is 0 Å². The van der Waals surface area contributed by atoms with Crippen LogP contribution in [0, 0.1) is 5.92 Å². The molecule has 1 aliphatic carbocycles. The maximum atomic E-state index is 15.4. The fourth-order valence-electron chi connectivity index (χ4n) is 6.78. The fraction of sp³-hybridized carbons (Fsp3) is 0.581. The lowest BCUT2D eigenvalue weighted by Crippen LogP contribution is -2.35. The Balaban J connectivity index is 1.07. The van der Waals surface area contributed by atoms with Crippen molar-refractivity contribution in [3.05, 3.63) is 53.3 Å². The van der Waals surface area contributed by atoms with Gasteiger partial charge in [0, 0.05) is 42.8 Å². The Hall–Kier alpha value is -3.04. The van der Waals surface area contributed by atoms with Crippen molar-refractivity contribution in [3.8, 4) is 0 Å². The van der Waals surface area contributed by atoms with Crippen LogP contribution in [0.1, 0.15) is 73.9 Å². The van der Waals surface area contributed by atoms with Gasteiger partial charge in [-0.3, -0.25) is 14.4 Å². The number of benzene rings is 1. The van der Waals surface area contributed by atoms with Gasteiger partial charge in [0.15, 0.2) is 0 Å². The zero-order chi connectivity index (χ0) is 27.6. The normalized spacial score (nSPS) is 24.3. The summed E-state index contributed by atoms with van der Waals surface area (Å²) in [4.78, 5) is 19.3. The number of hydrogen-bond acceptors (Lipinski definition) is 6. The number of ether oxygens (including phenoxy) is 1. The summed E-state index contributed by atoms with van der Waals surface area (Å²) in [6.45, 7) is 2.01. The van der Waals surface area contributed by atoms with Gasteiger partial charge in [0.05, 0.1) is 23.9 Å². The zero-order valence-electron chi connectivity index (χ0n) is 23.3. The highest BCUT2D eigenvalue weighted by Crippen LogP contribution is 2.39. The minimum atomic E-state index is -0.931. The topological polar surface area (TPSA) is 92.5 Å². The van der Waals surface area contributed by atoms with E-state index in [1.807, 2.05) is 34.0 Å². The molecule has 0 amide bonds. The zero-order valence-corrected chi connectivity index (χ0v) is 23.3. The van der Waals surface area contributed by atoms with Crippen molar-refractivity contribution in [3.63, 3.8) is 0 Å². The molecule has 2 N–H and O–H groups in total. The highest BCUT2D eigenvalue weighted by atomic mass is 19.1. The van der Waals surface area contributed by atoms with Gasteiger partial charge in [0.2, 0.25) is 0 Å². The summed E-state index contributed by atoms with van der Waals surface area (Å²) in [5.74, 6) is -0.0328. The number of aliphatic carboxylic acids is 1. The molecule has 9 heteroatoms. The molecular formula is C31H40FN5O3. The molecule has 3 aliphatic rings. The summed E-state index contributed by atoms with van der Waals surface area (Å²) in [6.07, 6.45) is 8.80. The number of unbranched alkanes of at least 4 members (excludes halogenated alkanes) is 1. The number of carboxylic acids is 1. The average molecular weight is 550 g/mol. The molecule has 6 rings (SSSR count). The molecule has 0 spiro atoms. The number of carbonyl (C=O) groups is 1. The number of methoxy groups -OCH3 is 1. The Morgan fingerprint density at radius 3 is 2.95 bits per heavy atom. The fourth-order valence-corrected chi connectivity index (χ4v) is 6.78. The SMILES string of the molecule is CO[C@H]1C[C@H](n2ncc3cccc(C(C(=O)O)N4CC[C@@H](C(F)CCCCc5ccc6c(n5)NCCC6)C4)c32)C1. The first-order chi connectivity index (χ1) is 19.5. The second kappa shape index (κ2) is 11.8. The van der Waals surface area contributed by atoms with E-state index in [1.54, 1.807) is 7.11 Å². The van der Waals surface area contributed by atoms with Crippen molar-refractivity contribution >= 4 is 22.7 Å². The van der Waals surface area contributed by atoms with E-state index in [9.17, 15) is 9.90 Å². The summed E-state index contributed by atoms with van der Waals surface area (Å²) in [6, 6.07) is 9.43. The minimum absolute atomic E-state index is 0.147. The number of hydrogen-bond donors (Lipinski definition) is 2. The second-order valence-corrected chi connectivity index (χ2v) is 11.7. The third-order valence-corrected chi connectivity index (χ3v) is 9.17. The Bertz CT molecular complexity index is 1340. The number of aryl methyl sites for hydroxylation is 2. The third kappa shape index (κ3) is 5.46. The summed E-state index contributed by atoms with van der Waals surface area (Å²) < 4.78 is 22.8. The maximum Gasteiger partial charge on any atom is 0.325 e. The van der Waals surface area contributed by atoms with Gasteiger partial charge in [-0.05, 0) is 69.5 Å². The van der Waals surface area contributed by atoms with Crippen LogP contribution in [0.3, 0.4) is 0 Å². The first-order valence-electron chi connectivity index (χ1n) is 14.8. The van der Waals surface area contributed by atoms with Crippen molar-refractivity contribution in [2.24, 2.45) is 5.92 Å². The molecule has 2 unspecified atom stereocenters. The van der Waals surface area contributed by atoms with Gasteiger partial charge in [-0.1, -0.05) is 30.7 Å². The van der Waals surface area contributed by atoms with Crippen LogP contribution in [0.2, 0.25) is 0 Å². The number of rotatable bonds is 11. The lowest BCUT2D eigenvalue weighted by atomic mass is 9.89. The van der Waals surface area contributed by atoms with E-state index in [-0.39, 0.29) is 18.1 Å². The predicted octanol–water partition coefficient (Wildman–Crippen LogP) is 5.34. The van der Waals surface area contributed by atoms with Crippen molar-refractivity contribution in [2.45, 2.75) is 82.1 Å². The standard InChI is InChI=1S/C31H40FN5O3/c1-40-25-16-24(17-25)37-28-21(18-34-37)6-4-9-26(28)29(31(38)39)36-15-13-22(19-36)27(32)10-3-2-8-23-12-11-20-7-5-14-33-30(20)35-23/h4,6,9,11-12,18,22,24-25,27,29H,2-3,5,7-8,10,13-17,19H2,1H3,(H,33,35)(H,38,39)/t22-,24-,25-,27?,29?/m1/s1. The van der Waals surface area contributed by atoms with E-state index in [2.05, 4.69) is 22.5 Å². The summed E-state index contributed by atoms with van der Waals surface area (Å²) >= 11 is 0. The van der Waals surface area contributed by atoms with Crippen LogP contribution in [0.4, 0.5) is 10.2 Å². The molecule has 214 valence electrons. The number of nitrogens with zero attached hydrogens (tertiary/aromatic N) is 4. The Morgan fingerprint density at radius 2 is 2.12 bits per heavy atom. The van der Waals surface area contributed by atoms with Crippen LogP contribution in [-0.2, 0) is 22.4 Å². The predicted molar refractivity (Wildman–Crippen MR) is 152 cm³/mol. The van der Waals surface area contributed by atoms with Crippen LogP contribution in [0.25, 0.3) is 10.9 Å². The minimum Gasteiger partial charge on any atom is -0.480 e. The first kappa shape index (κ1) is 27.1. The molecular weight excluding hydrogens is 509 g/mol. The molecule has 40 heavy (non-hydrogen) atoms. The smallest absolute Gasteiger partial charge is 0.325 e. The summed E-state index contributed by atoms with van der Waals surface area (Å²) in [7, 11) is 1.72. The van der Waals surface area contributed by atoms with E-state index < -0.39 is 18.2 Å². The van der Waals surface area contributed by atoms with Gasteiger partial charge < -0.3 is 15.2 Å². The van der Waals surface area contributed by atoms with Crippen LogP contribution >= 0.6 is 0 Å². The Morgan fingerprint density at radius 1 is 1.25 bits per heavy atom. The van der Waals surface area contributed by atoms with Crippen molar-refractivity contribution in [1.29, 1.82) is 0 Å². The Kier molecular flexibility index (Phi) is 8.03. The van der Waals surface area contributed by atoms with E-state index in [0.29, 0.717) is 25.9 Å². The summed E-state index contributed by atoms with van der Waals surface area (Å²) in [5.41, 5.74) is 3.97. The van der Waals surface area contributed by atoms with E-state index in [0.717, 1.165) is 79.5 Å². The van der Waals surface area contributed by atoms with Crippen molar-refractivity contribution < 1.29 is 19.0 Å². The number of anilines is 1. The molecule has 3 aromatic rings. The van der Waals surface area contributed by atoms with Crippen molar-refractivity contribution in [1.82, 2.24) is 19.7 Å². The van der Waals surface area contributed by atoms with Crippen LogP contribution < -0.4 is 5.32 Å². The third-order valence-electron chi connectivity index (χ3n) is 9.17. The molecule has 0 bridgehead atoms. The number of para-hydroxylation sites is 1. The van der Waals surface area contributed by atoms with E-state index in [4.69, 9.17) is 9.72 Å². The van der Waals surface area contributed by atoms with Gasteiger partial charge in [0.25, 0.3) is 0 Å². The quantitative estimate of drug-likeness (QED) is 0.312. The van der Waals surface area contributed by atoms with Gasteiger partial charge >= 0.3 is 5.97 Å². The number of aromatic nitrogens is 3.